The van der Waals surface area contributed by atoms with Gasteiger partial charge in [-0.25, -0.2) is 9.59 Å². The molecule has 20 heavy (non-hydrogen) atoms. The summed E-state index contributed by atoms with van der Waals surface area (Å²) in [6.45, 7) is 3.62. The first-order valence-electron chi connectivity index (χ1n) is 5.71. The van der Waals surface area contributed by atoms with Crippen LogP contribution < -0.4 is 10.6 Å². The first kappa shape index (κ1) is 13.4. The lowest BCUT2D eigenvalue weighted by molar-refractivity contribution is 0.208. The molecule has 6 nitrogen and oxygen atoms in total. The number of anilines is 2. The number of carbonyl (C=O) groups is 2. The maximum absolute atomic E-state index is 10.9. The number of carboxylic acid groups (broad SMARTS) is 2. The van der Waals surface area contributed by atoms with Crippen LogP contribution in [-0.4, -0.2) is 22.4 Å². The quantitative estimate of drug-likeness (QED) is 0.685. The van der Waals surface area contributed by atoms with Gasteiger partial charge >= 0.3 is 12.2 Å². The molecule has 0 saturated carbocycles. The lowest BCUT2D eigenvalue weighted by Crippen LogP contribution is -2.14. The Kier molecular flexibility index (Phi) is 3.56. The molecule has 2 amide bonds. The Balaban J connectivity index is 2.79. The fourth-order valence-corrected chi connectivity index (χ4v) is 2.01. The molecule has 0 aliphatic carbocycles. The molecule has 0 bridgehead atoms. The van der Waals surface area contributed by atoms with Gasteiger partial charge in [0.1, 0.15) is 0 Å². The van der Waals surface area contributed by atoms with Crippen molar-refractivity contribution in [3.8, 4) is 0 Å². The van der Waals surface area contributed by atoms with Crippen LogP contribution in [0.2, 0.25) is 0 Å². The highest BCUT2D eigenvalue weighted by Gasteiger charge is 2.15. The van der Waals surface area contributed by atoms with Crippen molar-refractivity contribution in [2.75, 3.05) is 10.6 Å². The molecule has 2 aromatic carbocycles. The molecule has 0 aliphatic rings. The van der Waals surface area contributed by atoms with Crippen molar-refractivity contribution in [2.24, 2.45) is 0 Å². The fraction of sp³-hybridized carbons (Fsp3) is 0. The minimum Gasteiger partial charge on any atom is -0.465 e. The van der Waals surface area contributed by atoms with Crippen molar-refractivity contribution < 1.29 is 19.8 Å². The molecule has 6 heteroatoms. The lowest BCUT2D eigenvalue weighted by Gasteiger charge is -2.15. The van der Waals surface area contributed by atoms with Crippen LogP contribution in [0.15, 0.2) is 36.9 Å². The second-order valence-corrected chi connectivity index (χ2v) is 4.00. The van der Waals surface area contributed by atoms with E-state index in [0.29, 0.717) is 10.9 Å². The summed E-state index contributed by atoms with van der Waals surface area (Å²) in [6.07, 6.45) is -1.09. The van der Waals surface area contributed by atoms with E-state index < -0.39 is 12.2 Å². The highest BCUT2D eigenvalue weighted by atomic mass is 16.4. The van der Waals surface area contributed by atoms with E-state index >= 15 is 0 Å². The van der Waals surface area contributed by atoms with E-state index in [0.717, 1.165) is 5.39 Å². The van der Waals surface area contributed by atoms with Gasteiger partial charge in [0, 0.05) is 10.9 Å². The molecule has 0 heterocycles. The van der Waals surface area contributed by atoms with Crippen molar-refractivity contribution >= 4 is 40.4 Å². The molecule has 0 unspecified atom stereocenters. The topological polar surface area (TPSA) is 98.7 Å². The van der Waals surface area contributed by atoms with Crippen molar-refractivity contribution in [1.29, 1.82) is 0 Å². The molecule has 2 rings (SSSR count). The predicted molar refractivity (Wildman–Crippen MR) is 77.3 cm³/mol. The Morgan fingerprint density at radius 3 is 2.25 bits per heavy atom. The molecule has 4 N–H and O–H groups in total. The van der Waals surface area contributed by atoms with Gasteiger partial charge in [0.25, 0.3) is 0 Å². The molecule has 0 atom stereocenters. The van der Waals surface area contributed by atoms with Crippen molar-refractivity contribution in [1.82, 2.24) is 0 Å². The molecule has 2 aromatic rings. The largest absolute Gasteiger partial charge is 0.465 e. The van der Waals surface area contributed by atoms with Crippen molar-refractivity contribution in [2.45, 2.75) is 0 Å². The van der Waals surface area contributed by atoms with E-state index in [-0.39, 0.29) is 11.4 Å². The van der Waals surface area contributed by atoms with Gasteiger partial charge in [0.15, 0.2) is 0 Å². The molecule has 0 aromatic heterocycles. The number of hydrogen-bond acceptors (Lipinski definition) is 2. The molecular weight excluding hydrogens is 260 g/mol. The van der Waals surface area contributed by atoms with E-state index in [1.165, 1.54) is 6.08 Å². The number of amides is 2. The first-order chi connectivity index (χ1) is 9.52. The summed E-state index contributed by atoms with van der Waals surface area (Å²) in [4.78, 5) is 21.8. The van der Waals surface area contributed by atoms with E-state index in [2.05, 4.69) is 17.2 Å². The van der Waals surface area contributed by atoms with Crippen molar-refractivity contribution in [3.63, 3.8) is 0 Å². The maximum Gasteiger partial charge on any atom is 0.409 e. The monoisotopic (exact) mass is 272 g/mol. The Labute approximate surface area is 114 Å². The number of hydrogen-bond donors (Lipinski definition) is 4. The normalized spacial score (nSPS) is 10.0. The van der Waals surface area contributed by atoms with Crippen LogP contribution in [0.3, 0.4) is 0 Å². The van der Waals surface area contributed by atoms with Crippen LogP contribution in [0.25, 0.3) is 16.8 Å². The zero-order valence-corrected chi connectivity index (χ0v) is 10.4. The van der Waals surface area contributed by atoms with Gasteiger partial charge in [-0.2, -0.15) is 0 Å². The second kappa shape index (κ2) is 5.31. The van der Waals surface area contributed by atoms with Gasteiger partial charge < -0.3 is 10.2 Å². The fourth-order valence-electron chi connectivity index (χ4n) is 2.01. The Morgan fingerprint density at radius 2 is 1.65 bits per heavy atom. The molecule has 0 spiro atoms. The zero-order valence-electron chi connectivity index (χ0n) is 10.4. The minimum atomic E-state index is -1.28. The lowest BCUT2D eigenvalue weighted by atomic mass is 10.0. The van der Waals surface area contributed by atoms with E-state index in [1.54, 1.807) is 24.3 Å². The third kappa shape index (κ3) is 2.54. The first-order valence-corrected chi connectivity index (χ1v) is 5.71. The number of rotatable bonds is 3. The molecule has 0 aliphatic heterocycles. The highest BCUT2D eigenvalue weighted by Crippen LogP contribution is 2.35. The average molecular weight is 272 g/mol. The van der Waals surface area contributed by atoms with Crippen LogP contribution in [-0.2, 0) is 0 Å². The summed E-state index contributed by atoms with van der Waals surface area (Å²) >= 11 is 0. The van der Waals surface area contributed by atoms with Crippen molar-refractivity contribution in [3.05, 3.63) is 42.5 Å². The Hall–Kier alpha value is -3.02. The Bertz CT molecular complexity index is 710. The molecule has 0 radical (unpaired) electrons. The van der Waals surface area contributed by atoms with Gasteiger partial charge in [0.05, 0.1) is 11.4 Å². The summed E-state index contributed by atoms with van der Waals surface area (Å²) in [7, 11) is 0. The summed E-state index contributed by atoms with van der Waals surface area (Å²) in [5.74, 6) is 0. The third-order valence-electron chi connectivity index (χ3n) is 2.76. The van der Waals surface area contributed by atoms with Gasteiger partial charge in [0.2, 0.25) is 0 Å². The van der Waals surface area contributed by atoms with Crippen LogP contribution in [0.5, 0.6) is 0 Å². The van der Waals surface area contributed by atoms with E-state index in [4.69, 9.17) is 10.2 Å². The van der Waals surface area contributed by atoms with Crippen LogP contribution in [0, 0.1) is 0 Å². The standard InChI is InChI=1S/C14H12N2O4/c1-2-8-7-9-5-3-4-6-10(9)12(16-14(19)20)11(8)15-13(17)18/h2-7,15-16H,1H2,(H,17,18)(H,19,20). The van der Waals surface area contributed by atoms with Gasteiger partial charge in [-0.1, -0.05) is 36.9 Å². The van der Waals surface area contributed by atoms with Gasteiger partial charge in [-0.3, -0.25) is 10.6 Å². The summed E-state index contributed by atoms with van der Waals surface area (Å²) < 4.78 is 0. The summed E-state index contributed by atoms with van der Waals surface area (Å²) in [5, 5.41) is 23.7. The van der Waals surface area contributed by atoms with E-state index in [9.17, 15) is 9.59 Å². The molecular formula is C14H12N2O4. The van der Waals surface area contributed by atoms with Gasteiger partial charge in [-0.15, -0.1) is 0 Å². The minimum absolute atomic E-state index is 0.161. The maximum atomic E-state index is 10.9. The van der Waals surface area contributed by atoms with Crippen LogP contribution in [0.4, 0.5) is 21.0 Å². The molecule has 102 valence electrons. The number of benzene rings is 2. The molecule has 0 saturated heterocycles. The molecule has 0 fully saturated rings. The zero-order chi connectivity index (χ0) is 14.7. The second-order valence-electron chi connectivity index (χ2n) is 4.00. The van der Waals surface area contributed by atoms with Crippen LogP contribution in [0.1, 0.15) is 5.56 Å². The SMILES string of the molecule is C=Cc1cc2ccccc2c(NC(=O)O)c1NC(=O)O. The predicted octanol–water partition coefficient (Wildman–Crippen LogP) is 3.66. The third-order valence-corrected chi connectivity index (χ3v) is 2.76. The Morgan fingerprint density at radius 1 is 1.05 bits per heavy atom. The highest BCUT2D eigenvalue weighted by molar-refractivity contribution is 6.10. The summed E-state index contributed by atoms with van der Waals surface area (Å²) in [6, 6.07) is 8.80. The van der Waals surface area contributed by atoms with E-state index in [1.807, 2.05) is 6.07 Å². The number of nitrogens with one attached hydrogen (secondary N) is 2. The average Bonchev–Trinajstić information content (AvgIpc) is 2.40. The van der Waals surface area contributed by atoms with Crippen LogP contribution >= 0.6 is 0 Å². The van der Waals surface area contributed by atoms with Gasteiger partial charge in [-0.05, 0) is 11.5 Å². The summed E-state index contributed by atoms with van der Waals surface area (Å²) in [5.41, 5.74) is 0.844. The number of fused-ring (bicyclic) bond motifs is 1. The smallest absolute Gasteiger partial charge is 0.409 e.